The Morgan fingerprint density at radius 1 is 0.952 bits per heavy atom. The van der Waals surface area contributed by atoms with E-state index < -0.39 is 9.84 Å². The molecule has 2 aromatic carbocycles. The van der Waals surface area contributed by atoms with Crippen LogP contribution in [0.5, 0.6) is 0 Å². The van der Waals surface area contributed by atoms with E-state index in [0.717, 1.165) is 6.26 Å². The predicted octanol–water partition coefficient (Wildman–Crippen LogP) is 2.85. The molecular formula is C16H13NO3S. The summed E-state index contributed by atoms with van der Waals surface area (Å²) in [5, 5.41) is 0.668. The summed E-state index contributed by atoms with van der Waals surface area (Å²) in [4.78, 5) is 11.5. The second-order valence-electron chi connectivity index (χ2n) is 4.80. The van der Waals surface area contributed by atoms with Crippen LogP contribution >= 0.6 is 0 Å². The van der Waals surface area contributed by atoms with Crippen molar-refractivity contribution in [1.82, 2.24) is 4.57 Å². The Bertz CT molecular complexity index is 925. The fourth-order valence-electron chi connectivity index (χ4n) is 2.55. The van der Waals surface area contributed by atoms with Crippen molar-refractivity contribution in [1.29, 1.82) is 0 Å². The van der Waals surface area contributed by atoms with E-state index in [1.54, 1.807) is 16.7 Å². The average Bonchev–Trinajstić information content (AvgIpc) is 2.82. The van der Waals surface area contributed by atoms with Crippen LogP contribution in [0.4, 0.5) is 0 Å². The fourth-order valence-corrected chi connectivity index (χ4v) is 3.65. The van der Waals surface area contributed by atoms with Crippen molar-refractivity contribution in [2.45, 2.75) is 5.03 Å². The van der Waals surface area contributed by atoms with E-state index >= 15 is 0 Å². The number of sulfone groups is 1. The highest BCUT2D eigenvalue weighted by Crippen LogP contribution is 2.31. The van der Waals surface area contributed by atoms with E-state index in [9.17, 15) is 13.2 Å². The van der Waals surface area contributed by atoms with Crippen molar-refractivity contribution in [2.24, 2.45) is 0 Å². The molecule has 0 bridgehead atoms. The van der Waals surface area contributed by atoms with Gasteiger partial charge in [-0.25, -0.2) is 8.42 Å². The van der Waals surface area contributed by atoms with Crippen LogP contribution in [0.1, 0.15) is 10.4 Å². The smallest absolute Gasteiger partial charge is 0.192 e. The summed E-state index contributed by atoms with van der Waals surface area (Å²) < 4.78 is 26.0. The topological polar surface area (TPSA) is 56.1 Å². The van der Waals surface area contributed by atoms with Crippen LogP contribution < -0.4 is 0 Å². The number of fused-ring (bicyclic) bond motifs is 1. The summed E-state index contributed by atoms with van der Waals surface area (Å²) in [5.41, 5.74) is 1.62. The lowest BCUT2D eigenvalue weighted by Gasteiger charge is -2.09. The summed E-state index contributed by atoms with van der Waals surface area (Å²) in [6.07, 6.45) is 1.73. The number of hydrogen-bond acceptors (Lipinski definition) is 3. The lowest BCUT2D eigenvalue weighted by atomic mass is 10.2. The lowest BCUT2D eigenvalue weighted by molar-refractivity contribution is 0.112. The van der Waals surface area contributed by atoms with Crippen LogP contribution in [0, 0.1) is 0 Å². The molecule has 0 saturated heterocycles. The molecule has 0 aliphatic carbocycles. The van der Waals surface area contributed by atoms with Gasteiger partial charge >= 0.3 is 0 Å². The van der Waals surface area contributed by atoms with Gasteiger partial charge in [0.15, 0.2) is 21.1 Å². The Labute approximate surface area is 122 Å². The Morgan fingerprint density at radius 2 is 1.57 bits per heavy atom. The first-order chi connectivity index (χ1) is 10.0. The molecule has 106 valence electrons. The third-order valence-corrected chi connectivity index (χ3v) is 4.46. The maximum Gasteiger partial charge on any atom is 0.192 e. The largest absolute Gasteiger partial charge is 0.300 e. The molecule has 4 nitrogen and oxygen atoms in total. The third kappa shape index (κ3) is 2.15. The molecule has 3 rings (SSSR count). The van der Waals surface area contributed by atoms with Gasteiger partial charge in [0, 0.05) is 17.3 Å². The normalized spacial score (nSPS) is 11.7. The zero-order valence-corrected chi connectivity index (χ0v) is 12.2. The Balaban J connectivity index is 2.56. The predicted molar refractivity (Wildman–Crippen MR) is 81.8 cm³/mol. The maximum absolute atomic E-state index is 12.2. The second-order valence-corrected chi connectivity index (χ2v) is 6.73. The lowest BCUT2D eigenvalue weighted by Crippen LogP contribution is -2.08. The minimum absolute atomic E-state index is 0.0323. The first-order valence-corrected chi connectivity index (χ1v) is 8.27. The standard InChI is InChI=1S/C16H13NO3S/c1-21(19,20)16-14(11-18)13-9-5-6-10-15(13)17(16)12-7-3-2-4-8-12/h2-11H,1H3. The van der Waals surface area contributed by atoms with E-state index in [1.807, 2.05) is 42.5 Å². The number of nitrogens with zero attached hydrogens (tertiary/aromatic N) is 1. The number of carbonyl (C=O) groups excluding carboxylic acids is 1. The maximum atomic E-state index is 12.2. The van der Waals surface area contributed by atoms with Gasteiger partial charge in [0.25, 0.3) is 0 Å². The molecule has 3 aromatic rings. The molecule has 5 heteroatoms. The summed E-state index contributed by atoms with van der Waals surface area (Å²) in [7, 11) is -3.55. The van der Waals surface area contributed by atoms with Gasteiger partial charge in [-0.1, -0.05) is 36.4 Å². The SMILES string of the molecule is CS(=O)(=O)c1c(C=O)c2ccccc2n1-c1ccccc1. The summed E-state index contributed by atoms with van der Waals surface area (Å²) in [5.74, 6) is 0. The van der Waals surface area contributed by atoms with Crippen molar-refractivity contribution in [2.75, 3.05) is 6.26 Å². The highest BCUT2D eigenvalue weighted by atomic mass is 32.2. The summed E-state index contributed by atoms with van der Waals surface area (Å²) >= 11 is 0. The summed E-state index contributed by atoms with van der Waals surface area (Å²) in [6.45, 7) is 0. The van der Waals surface area contributed by atoms with E-state index in [4.69, 9.17) is 0 Å². The molecule has 21 heavy (non-hydrogen) atoms. The van der Waals surface area contributed by atoms with Gasteiger partial charge in [-0.05, 0) is 18.2 Å². The Hall–Kier alpha value is -2.40. The van der Waals surface area contributed by atoms with Crippen LogP contribution in [0.15, 0.2) is 59.6 Å². The van der Waals surface area contributed by atoms with Crippen LogP contribution in [0.25, 0.3) is 16.6 Å². The first-order valence-electron chi connectivity index (χ1n) is 6.38. The molecule has 1 aromatic heterocycles. The number of para-hydroxylation sites is 2. The number of carbonyl (C=O) groups is 1. The first kappa shape index (κ1) is 13.6. The van der Waals surface area contributed by atoms with Crippen molar-refractivity contribution >= 4 is 27.0 Å². The van der Waals surface area contributed by atoms with Gasteiger partial charge in [0.2, 0.25) is 0 Å². The molecule has 0 aliphatic heterocycles. The molecule has 0 aliphatic rings. The fraction of sp³-hybridized carbons (Fsp3) is 0.0625. The third-order valence-electron chi connectivity index (χ3n) is 3.35. The van der Waals surface area contributed by atoms with Gasteiger partial charge < -0.3 is 0 Å². The average molecular weight is 299 g/mol. The second kappa shape index (κ2) is 4.86. The van der Waals surface area contributed by atoms with Crippen molar-refractivity contribution in [3.63, 3.8) is 0 Å². The van der Waals surface area contributed by atoms with Gasteiger partial charge in [0.05, 0.1) is 11.1 Å². The van der Waals surface area contributed by atoms with E-state index in [2.05, 4.69) is 0 Å². The molecule has 0 spiro atoms. The van der Waals surface area contributed by atoms with E-state index in [0.29, 0.717) is 22.9 Å². The van der Waals surface area contributed by atoms with Gasteiger partial charge in [-0.3, -0.25) is 9.36 Å². The molecule has 0 saturated carbocycles. The number of benzene rings is 2. The van der Waals surface area contributed by atoms with Gasteiger partial charge in [0.1, 0.15) is 0 Å². The van der Waals surface area contributed by atoms with Crippen LogP contribution in [0.2, 0.25) is 0 Å². The molecule has 0 atom stereocenters. The molecule has 1 heterocycles. The molecule has 0 amide bonds. The number of rotatable bonds is 3. The van der Waals surface area contributed by atoms with Crippen molar-refractivity contribution in [3.8, 4) is 5.69 Å². The monoisotopic (exact) mass is 299 g/mol. The molecule has 0 fully saturated rings. The van der Waals surface area contributed by atoms with Crippen LogP contribution in [-0.4, -0.2) is 25.5 Å². The molecular weight excluding hydrogens is 286 g/mol. The highest BCUT2D eigenvalue weighted by Gasteiger charge is 2.24. The quantitative estimate of drug-likeness (QED) is 0.699. The minimum atomic E-state index is -3.55. The molecule has 0 N–H and O–H groups in total. The number of aromatic nitrogens is 1. The van der Waals surface area contributed by atoms with Crippen molar-refractivity contribution < 1.29 is 13.2 Å². The summed E-state index contributed by atoms with van der Waals surface area (Å²) in [6, 6.07) is 16.3. The number of aldehydes is 1. The number of hydrogen-bond donors (Lipinski definition) is 0. The van der Waals surface area contributed by atoms with Gasteiger partial charge in [-0.15, -0.1) is 0 Å². The zero-order valence-electron chi connectivity index (χ0n) is 11.4. The van der Waals surface area contributed by atoms with Crippen LogP contribution in [0.3, 0.4) is 0 Å². The molecule has 0 radical (unpaired) electrons. The van der Waals surface area contributed by atoms with E-state index in [1.165, 1.54) is 0 Å². The molecule has 0 unspecified atom stereocenters. The van der Waals surface area contributed by atoms with Crippen molar-refractivity contribution in [3.05, 3.63) is 60.2 Å². The van der Waals surface area contributed by atoms with Gasteiger partial charge in [-0.2, -0.15) is 0 Å². The van der Waals surface area contributed by atoms with E-state index in [-0.39, 0.29) is 10.6 Å². The van der Waals surface area contributed by atoms with Crippen LogP contribution in [-0.2, 0) is 9.84 Å². The highest BCUT2D eigenvalue weighted by molar-refractivity contribution is 7.90. The minimum Gasteiger partial charge on any atom is -0.300 e. The Kier molecular flexibility index (Phi) is 3.14. The Morgan fingerprint density at radius 3 is 2.19 bits per heavy atom. The zero-order chi connectivity index (χ0) is 15.0.